The van der Waals surface area contributed by atoms with Crippen LogP contribution in [0.3, 0.4) is 0 Å². The van der Waals surface area contributed by atoms with Gasteiger partial charge in [0.2, 0.25) is 0 Å². The molecule has 0 atom stereocenters. The summed E-state index contributed by atoms with van der Waals surface area (Å²) in [6.45, 7) is 0.334. The zero-order valence-corrected chi connectivity index (χ0v) is 11.8. The molecule has 0 heterocycles. The number of halogens is 2. The van der Waals surface area contributed by atoms with E-state index in [0.29, 0.717) is 16.6 Å². The fourth-order valence-corrected chi connectivity index (χ4v) is 2.51. The van der Waals surface area contributed by atoms with Crippen LogP contribution in [-0.4, -0.2) is 5.37 Å². The van der Waals surface area contributed by atoms with Gasteiger partial charge in [-0.1, -0.05) is 65.8 Å². The Morgan fingerprint density at radius 2 is 1.78 bits per heavy atom. The van der Waals surface area contributed by atoms with Crippen molar-refractivity contribution in [3.8, 4) is 11.1 Å². The molecule has 0 unspecified atom stereocenters. The lowest BCUT2D eigenvalue weighted by Gasteiger charge is -2.13. The van der Waals surface area contributed by atoms with Crippen molar-refractivity contribution < 1.29 is 0 Å². The molecule has 0 saturated heterocycles. The predicted octanol–water partition coefficient (Wildman–Crippen LogP) is 4.47. The molecule has 18 heavy (non-hydrogen) atoms. The van der Waals surface area contributed by atoms with Crippen LogP contribution < -0.4 is 5.73 Å². The smallest absolute Gasteiger partial charge is 0.0643 e. The van der Waals surface area contributed by atoms with Crippen LogP contribution in [0.2, 0.25) is 10.0 Å². The maximum Gasteiger partial charge on any atom is 0.0643 e. The Labute approximate surface area is 122 Å². The van der Waals surface area contributed by atoms with Gasteiger partial charge >= 0.3 is 0 Å². The summed E-state index contributed by atoms with van der Waals surface area (Å²) in [5.41, 5.74) is 9.58. The topological polar surface area (TPSA) is 26.0 Å². The van der Waals surface area contributed by atoms with Crippen molar-refractivity contribution in [3.05, 3.63) is 57.6 Å². The molecule has 0 radical (unpaired) electrons. The minimum atomic E-state index is 0.334. The van der Waals surface area contributed by atoms with Gasteiger partial charge in [-0.2, -0.15) is 0 Å². The molecule has 2 rings (SSSR count). The first-order valence-electron chi connectivity index (χ1n) is 5.40. The molecule has 2 aromatic carbocycles. The van der Waals surface area contributed by atoms with Crippen LogP contribution in [-0.2, 0) is 6.54 Å². The van der Waals surface area contributed by atoms with E-state index in [9.17, 15) is 0 Å². The van der Waals surface area contributed by atoms with E-state index in [2.05, 4.69) is 0 Å². The molecule has 92 valence electrons. The molecule has 0 aliphatic rings. The van der Waals surface area contributed by atoms with Crippen LogP contribution in [0.4, 0.5) is 0 Å². The summed E-state index contributed by atoms with van der Waals surface area (Å²) in [7, 11) is 0. The third kappa shape index (κ3) is 2.43. The van der Waals surface area contributed by atoms with Crippen molar-refractivity contribution in [1.82, 2.24) is 0 Å². The molecule has 0 aliphatic carbocycles. The van der Waals surface area contributed by atoms with Gasteiger partial charge in [0.1, 0.15) is 0 Å². The fraction of sp³-hybridized carbons (Fsp3) is 0.0714. The molecule has 1 nitrogen and oxygen atoms in total. The highest BCUT2D eigenvalue weighted by Gasteiger charge is 2.12. The Morgan fingerprint density at radius 1 is 1.06 bits per heavy atom. The van der Waals surface area contributed by atoms with Gasteiger partial charge in [0.05, 0.1) is 10.0 Å². The zero-order chi connectivity index (χ0) is 13.1. The second-order valence-corrected chi connectivity index (χ2v) is 4.82. The van der Waals surface area contributed by atoms with Crippen LogP contribution in [0.15, 0.2) is 36.4 Å². The van der Waals surface area contributed by atoms with Crippen LogP contribution in [0.25, 0.3) is 11.1 Å². The summed E-state index contributed by atoms with van der Waals surface area (Å²) in [5.74, 6) is 0. The Morgan fingerprint density at radius 3 is 2.44 bits per heavy atom. The van der Waals surface area contributed by atoms with E-state index in [1.165, 1.54) is 0 Å². The number of rotatable bonds is 3. The maximum atomic E-state index is 6.20. The molecule has 0 spiro atoms. The summed E-state index contributed by atoms with van der Waals surface area (Å²) in [5, 5.41) is 2.68. The molecular formula is C14H11Cl2NS. The molecule has 2 aromatic rings. The van der Waals surface area contributed by atoms with Gasteiger partial charge in [0, 0.05) is 11.9 Å². The molecule has 0 aliphatic heterocycles. The molecule has 2 N–H and O–H groups in total. The summed E-state index contributed by atoms with van der Waals surface area (Å²) in [6.07, 6.45) is 0. The van der Waals surface area contributed by atoms with Gasteiger partial charge in [-0.15, -0.1) is 0 Å². The van der Waals surface area contributed by atoms with Gasteiger partial charge < -0.3 is 5.73 Å². The number of thiocarbonyl (C=S) groups is 1. The highest BCUT2D eigenvalue weighted by molar-refractivity contribution is 7.79. The van der Waals surface area contributed by atoms with Crippen LogP contribution >= 0.6 is 35.4 Å². The third-order valence-corrected chi connectivity index (χ3v) is 3.88. The van der Waals surface area contributed by atoms with E-state index < -0.39 is 0 Å². The largest absolute Gasteiger partial charge is 0.326 e. The lowest BCUT2D eigenvalue weighted by Crippen LogP contribution is -2.01. The predicted molar refractivity (Wildman–Crippen MR) is 82.5 cm³/mol. The Balaban J connectivity index is 2.71. The molecule has 0 amide bonds. The van der Waals surface area contributed by atoms with Crippen LogP contribution in [0, 0.1) is 0 Å². The monoisotopic (exact) mass is 295 g/mol. The quantitative estimate of drug-likeness (QED) is 0.846. The van der Waals surface area contributed by atoms with Crippen molar-refractivity contribution in [3.63, 3.8) is 0 Å². The normalized spacial score (nSPS) is 10.4. The highest BCUT2D eigenvalue weighted by Crippen LogP contribution is 2.35. The minimum Gasteiger partial charge on any atom is -0.326 e. The van der Waals surface area contributed by atoms with Crippen molar-refractivity contribution in [1.29, 1.82) is 0 Å². The summed E-state index contributed by atoms with van der Waals surface area (Å²) >= 11 is 17.2. The van der Waals surface area contributed by atoms with E-state index in [1.54, 1.807) is 11.4 Å². The number of benzene rings is 2. The van der Waals surface area contributed by atoms with Gasteiger partial charge in [0.15, 0.2) is 0 Å². The molecular weight excluding hydrogens is 285 g/mol. The minimum absolute atomic E-state index is 0.334. The first kappa shape index (κ1) is 13.5. The Kier molecular flexibility index (Phi) is 4.36. The zero-order valence-electron chi connectivity index (χ0n) is 9.49. The summed E-state index contributed by atoms with van der Waals surface area (Å²) in [4.78, 5) is 0. The Hall–Kier alpha value is -0.930. The number of hydrogen-bond acceptors (Lipinski definition) is 2. The van der Waals surface area contributed by atoms with Crippen LogP contribution in [0.5, 0.6) is 0 Å². The molecule has 0 aromatic heterocycles. The second kappa shape index (κ2) is 5.81. The van der Waals surface area contributed by atoms with E-state index in [1.807, 2.05) is 30.3 Å². The van der Waals surface area contributed by atoms with Crippen molar-refractivity contribution in [2.75, 3.05) is 0 Å². The van der Waals surface area contributed by atoms with Crippen LogP contribution in [0.1, 0.15) is 11.1 Å². The molecule has 0 saturated carbocycles. The second-order valence-electron chi connectivity index (χ2n) is 3.80. The first-order valence-corrected chi connectivity index (χ1v) is 6.63. The maximum absolute atomic E-state index is 6.20. The standard InChI is InChI=1S/C14H11Cl2NS/c15-13-6-5-11(12(7-17)14(13)16)10-4-2-1-3-9(10)8-18/h1-6,8H,7,17H2. The number of nitrogens with two attached hydrogens (primary N) is 1. The van der Waals surface area contributed by atoms with Gasteiger partial charge in [-0.05, 0) is 28.3 Å². The average molecular weight is 296 g/mol. The lowest BCUT2D eigenvalue weighted by molar-refractivity contribution is 1.07. The van der Waals surface area contributed by atoms with Crippen molar-refractivity contribution >= 4 is 40.8 Å². The van der Waals surface area contributed by atoms with Crippen molar-refractivity contribution in [2.45, 2.75) is 6.54 Å². The van der Waals surface area contributed by atoms with Gasteiger partial charge in [0.25, 0.3) is 0 Å². The molecule has 0 fully saturated rings. The first-order chi connectivity index (χ1) is 8.69. The fourth-order valence-electron chi connectivity index (χ4n) is 1.89. The van der Waals surface area contributed by atoms with E-state index >= 15 is 0 Å². The molecule has 0 bridgehead atoms. The third-order valence-electron chi connectivity index (χ3n) is 2.78. The van der Waals surface area contributed by atoms with Crippen molar-refractivity contribution in [2.24, 2.45) is 5.73 Å². The van der Waals surface area contributed by atoms with E-state index in [0.717, 1.165) is 22.3 Å². The van der Waals surface area contributed by atoms with Gasteiger partial charge in [-0.25, -0.2) is 0 Å². The van der Waals surface area contributed by atoms with Gasteiger partial charge in [-0.3, -0.25) is 0 Å². The summed E-state index contributed by atoms with van der Waals surface area (Å²) in [6, 6.07) is 11.6. The highest BCUT2D eigenvalue weighted by atomic mass is 35.5. The summed E-state index contributed by atoms with van der Waals surface area (Å²) < 4.78 is 0. The SMILES string of the molecule is NCc1c(-c2ccccc2C=S)ccc(Cl)c1Cl. The number of hydrogen-bond donors (Lipinski definition) is 1. The molecule has 4 heteroatoms. The van der Waals surface area contributed by atoms with E-state index in [-0.39, 0.29) is 0 Å². The Bertz CT molecular complexity index is 596. The van der Waals surface area contributed by atoms with E-state index in [4.69, 9.17) is 41.2 Å². The lowest BCUT2D eigenvalue weighted by atomic mass is 9.96. The average Bonchev–Trinajstić information content (AvgIpc) is 2.41.